The fraction of sp³-hybridized carbons (Fsp3) is 0.583. The molecule has 0 amide bonds. The maximum absolute atomic E-state index is 12.2. The molecular formula is C12H17NO4S2. The van der Waals surface area contributed by atoms with Crippen molar-refractivity contribution in [3.63, 3.8) is 0 Å². The summed E-state index contributed by atoms with van der Waals surface area (Å²) < 4.78 is 27.1. The minimum absolute atomic E-state index is 0.0502. The van der Waals surface area contributed by atoms with Gasteiger partial charge in [0.1, 0.15) is 4.88 Å². The van der Waals surface area contributed by atoms with Crippen LogP contribution >= 0.6 is 11.3 Å². The Bertz CT molecular complexity index is 587. The third kappa shape index (κ3) is 2.98. The Balaban J connectivity index is 2.21. The van der Waals surface area contributed by atoms with Crippen molar-refractivity contribution in [2.45, 2.75) is 44.0 Å². The SMILES string of the molecule is Cc1sc(C(=O)O)cc1S(=O)(=O)NC(C)C1CCC1. The van der Waals surface area contributed by atoms with E-state index in [9.17, 15) is 13.2 Å². The molecule has 106 valence electrons. The molecule has 1 unspecified atom stereocenters. The lowest BCUT2D eigenvalue weighted by molar-refractivity contribution is 0.0702. The molecule has 1 fully saturated rings. The molecule has 1 aromatic heterocycles. The van der Waals surface area contributed by atoms with E-state index in [1.165, 1.54) is 6.07 Å². The number of carboxylic acids is 1. The quantitative estimate of drug-likeness (QED) is 0.873. The zero-order valence-corrected chi connectivity index (χ0v) is 12.5. The summed E-state index contributed by atoms with van der Waals surface area (Å²) in [5.41, 5.74) is 0. The van der Waals surface area contributed by atoms with E-state index in [1.807, 2.05) is 6.92 Å². The topological polar surface area (TPSA) is 83.5 Å². The maximum atomic E-state index is 12.2. The van der Waals surface area contributed by atoms with Crippen LogP contribution in [0.2, 0.25) is 0 Å². The Labute approximate surface area is 116 Å². The lowest BCUT2D eigenvalue weighted by atomic mass is 9.81. The Morgan fingerprint density at radius 2 is 2.16 bits per heavy atom. The van der Waals surface area contributed by atoms with Crippen LogP contribution in [0.5, 0.6) is 0 Å². The van der Waals surface area contributed by atoms with Gasteiger partial charge in [0.25, 0.3) is 0 Å². The molecule has 0 bridgehead atoms. The monoisotopic (exact) mass is 303 g/mol. The van der Waals surface area contributed by atoms with Gasteiger partial charge in [-0.1, -0.05) is 6.42 Å². The Morgan fingerprint density at radius 3 is 2.58 bits per heavy atom. The molecule has 5 nitrogen and oxygen atoms in total. The minimum Gasteiger partial charge on any atom is -0.477 e. The van der Waals surface area contributed by atoms with E-state index in [4.69, 9.17) is 5.11 Å². The molecule has 1 heterocycles. The second-order valence-corrected chi connectivity index (χ2v) is 7.88. The zero-order valence-electron chi connectivity index (χ0n) is 10.8. The van der Waals surface area contributed by atoms with Gasteiger partial charge in [-0.15, -0.1) is 11.3 Å². The summed E-state index contributed by atoms with van der Waals surface area (Å²) in [4.78, 5) is 11.5. The molecule has 0 aliphatic heterocycles. The predicted molar refractivity (Wildman–Crippen MR) is 73.1 cm³/mol. The average molecular weight is 303 g/mol. The van der Waals surface area contributed by atoms with Crippen LogP contribution in [-0.4, -0.2) is 25.5 Å². The van der Waals surface area contributed by atoms with Crippen LogP contribution < -0.4 is 4.72 Å². The summed E-state index contributed by atoms with van der Waals surface area (Å²) in [5, 5.41) is 8.90. The number of carboxylic acid groups (broad SMARTS) is 1. The normalized spacial score (nSPS) is 18.0. The van der Waals surface area contributed by atoms with Gasteiger partial charge in [0.2, 0.25) is 10.0 Å². The molecule has 0 spiro atoms. The third-order valence-electron chi connectivity index (χ3n) is 3.57. The largest absolute Gasteiger partial charge is 0.477 e. The Kier molecular flexibility index (Phi) is 3.98. The van der Waals surface area contributed by atoms with Gasteiger partial charge in [0.05, 0.1) is 4.90 Å². The van der Waals surface area contributed by atoms with Crippen LogP contribution in [0.25, 0.3) is 0 Å². The van der Waals surface area contributed by atoms with E-state index in [1.54, 1.807) is 6.92 Å². The van der Waals surface area contributed by atoms with Crippen molar-refractivity contribution < 1.29 is 18.3 Å². The predicted octanol–water partition coefficient (Wildman–Crippen LogP) is 2.22. The highest BCUT2D eigenvalue weighted by atomic mass is 32.2. The van der Waals surface area contributed by atoms with E-state index in [0.717, 1.165) is 30.6 Å². The molecule has 1 aliphatic carbocycles. The van der Waals surface area contributed by atoms with E-state index in [2.05, 4.69) is 4.72 Å². The number of carbonyl (C=O) groups is 1. The van der Waals surface area contributed by atoms with Crippen molar-refractivity contribution in [2.75, 3.05) is 0 Å². The number of thiophene rings is 1. The molecule has 19 heavy (non-hydrogen) atoms. The average Bonchev–Trinajstić information content (AvgIpc) is 2.57. The first-order valence-electron chi connectivity index (χ1n) is 6.17. The molecule has 7 heteroatoms. The Morgan fingerprint density at radius 1 is 1.53 bits per heavy atom. The molecule has 1 aliphatic rings. The summed E-state index contributed by atoms with van der Waals surface area (Å²) >= 11 is 0.986. The van der Waals surface area contributed by atoms with Crippen LogP contribution in [0.4, 0.5) is 0 Å². The Hall–Kier alpha value is -0.920. The van der Waals surface area contributed by atoms with Crippen molar-refractivity contribution in [2.24, 2.45) is 5.92 Å². The van der Waals surface area contributed by atoms with Gasteiger partial charge >= 0.3 is 5.97 Å². The lowest BCUT2D eigenvalue weighted by Gasteiger charge is -2.31. The second-order valence-electron chi connectivity index (χ2n) is 4.94. The molecule has 0 aromatic carbocycles. The standard InChI is InChI=1S/C12H17NO4S2/c1-7(9-4-3-5-9)13-19(16,17)11-6-10(12(14)15)18-8(11)2/h6-7,9,13H,3-5H2,1-2H3,(H,14,15). The van der Waals surface area contributed by atoms with Gasteiger partial charge in [0, 0.05) is 10.9 Å². The van der Waals surface area contributed by atoms with Crippen LogP contribution in [0.3, 0.4) is 0 Å². The van der Waals surface area contributed by atoms with Crippen LogP contribution in [0.1, 0.15) is 40.7 Å². The number of sulfonamides is 1. The molecular weight excluding hydrogens is 286 g/mol. The smallest absolute Gasteiger partial charge is 0.345 e. The molecule has 1 aromatic rings. The summed E-state index contributed by atoms with van der Waals surface area (Å²) in [6.07, 6.45) is 3.25. The zero-order chi connectivity index (χ0) is 14.2. The summed E-state index contributed by atoms with van der Waals surface area (Å²) in [6.45, 7) is 3.49. The number of nitrogens with one attached hydrogen (secondary N) is 1. The van der Waals surface area contributed by atoms with Crippen LogP contribution in [-0.2, 0) is 10.0 Å². The van der Waals surface area contributed by atoms with Crippen molar-refractivity contribution in [3.8, 4) is 0 Å². The van der Waals surface area contributed by atoms with Crippen LogP contribution in [0, 0.1) is 12.8 Å². The van der Waals surface area contributed by atoms with Crippen molar-refractivity contribution >= 4 is 27.3 Å². The number of hydrogen-bond donors (Lipinski definition) is 2. The number of aryl methyl sites for hydroxylation is 1. The highest BCUT2D eigenvalue weighted by molar-refractivity contribution is 7.89. The van der Waals surface area contributed by atoms with E-state index >= 15 is 0 Å². The number of aromatic carboxylic acids is 1. The molecule has 2 N–H and O–H groups in total. The number of hydrogen-bond acceptors (Lipinski definition) is 4. The highest BCUT2D eigenvalue weighted by Crippen LogP contribution is 2.31. The lowest BCUT2D eigenvalue weighted by Crippen LogP contribution is -2.40. The first kappa shape index (κ1) is 14.5. The van der Waals surface area contributed by atoms with Crippen molar-refractivity contribution in [1.29, 1.82) is 0 Å². The number of rotatable bonds is 5. The van der Waals surface area contributed by atoms with Gasteiger partial charge < -0.3 is 5.11 Å². The second kappa shape index (κ2) is 5.22. The first-order chi connectivity index (χ1) is 8.81. The van der Waals surface area contributed by atoms with Gasteiger partial charge in [-0.05, 0) is 38.7 Å². The van der Waals surface area contributed by atoms with Gasteiger partial charge in [-0.3, -0.25) is 0 Å². The van der Waals surface area contributed by atoms with E-state index in [0.29, 0.717) is 10.8 Å². The molecule has 1 atom stereocenters. The highest BCUT2D eigenvalue weighted by Gasteiger charge is 2.29. The minimum atomic E-state index is -3.63. The maximum Gasteiger partial charge on any atom is 0.345 e. The summed E-state index contributed by atoms with van der Waals surface area (Å²) in [6, 6.07) is 1.13. The molecule has 0 saturated heterocycles. The fourth-order valence-electron chi connectivity index (χ4n) is 2.18. The van der Waals surface area contributed by atoms with Crippen molar-refractivity contribution in [1.82, 2.24) is 4.72 Å². The third-order valence-corrected chi connectivity index (χ3v) is 6.42. The summed E-state index contributed by atoms with van der Waals surface area (Å²) in [5.74, 6) is -0.700. The fourth-order valence-corrected chi connectivity index (χ4v) is 4.92. The van der Waals surface area contributed by atoms with Crippen LogP contribution in [0.15, 0.2) is 11.0 Å². The summed E-state index contributed by atoms with van der Waals surface area (Å²) in [7, 11) is -3.63. The molecule has 1 saturated carbocycles. The van der Waals surface area contributed by atoms with E-state index < -0.39 is 16.0 Å². The molecule has 0 radical (unpaired) electrons. The first-order valence-corrected chi connectivity index (χ1v) is 8.47. The van der Waals surface area contributed by atoms with Crippen molar-refractivity contribution in [3.05, 3.63) is 15.8 Å². The molecule has 2 rings (SSSR count). The van der Waals surface area contributed by atoms with Gasteiger partial charge in [-0.2, -0.15) is 0 Å². The van der Waals surface area contributed by atoms with E-state index in [-0.39, 0.29) is 15.8 Å². The van der Waals surface area contributed by atoms with Gasteiger partial charge in [0.15, 0.2) is 0 Å². The van der Waals surface area contributed by atoms with Gasteiger partial charge in [-0.25, -0.2) is 17.9 Å².